The van der Waals surface area contributed by atoms with Crippen molar-refractivity contribution >= 4 is 0 Å². The van der Waals surface area contributed by atoms with Crippen molar-refractivity contribution in [1.29, 1.82) is 0 Å². The van der Waals surface area contributed by atoms with Gasteiger partial charge in [-0.1, -0.05) is 13.3 Å². The summed E-state index contributed by atoms with van der Waals surface area (Å²) in [6.07, 6.45) is 8.44. The molecule has 0 aromatic rings. The molecular weight excluding hydrogens is 184 g/mol. The molecule has 88 valence electrons. The Morgan fingerprint density at radius 2 is 1.87 bits per heavy atom. The highest BCUT2D eigenvalue weighted by molar-refractivity contribution is 4.80. The summed E-state index contributed by atoms with van der Waals surface area (Å²) >= 11 is 0. The molecule has 0 bridgehead atoms. The zero-order chi connectivity index (χ0) is 10.5. The van der Waals surface area contributed by atoms with Gasteiger partial charge in [-0.05, 0) is 64.2 Å². The first-order chi connectivity index (χ1) is 7.38. The molecule has 1 aliphatic heterocycles. The molecule has 1 aliphatic carbocycles. The van der Waals surface area contributed by atoms with Crippen molar-refractivity contribution in [2.24, 2.45) is 5.92 Å². The van der Waals surface area contributed by atoms with Gasteiger partial charge in [0, 0.05) is 6.04 Å². The molecule has 0 atom stereocenters. The lowest BCUT2D eigenvalue weighted by Gasteiger charge is -2.31. The second kappa shape index (κ2) is 5.86. The smallest absolute Gasteiger partial charge is 0.00682 e. The summed E-state index contributed by atoms with van der Waals surface area (Å²) in [5.41, 5.74) is 0. The van der Waals surface area contributed by atoms with E-state index in [1.807, 2.05) is 0 Å². The van der Waals surface area contributed by atoms with Crippen LogP contribution in [0.5, 0.6) is 0 Å². The quantitative estimate of drug-likeness (QED) is 0.676. The van der Waals surface area contributed by atoms with Crippen molar-refractivity contribution in [2.75, 3.05) is 26.2 Å². The van der Waals surface area contributed by atoms with Crippen LogP contribution in [-0.4, -0.2) is 37.1 Å². The third-order valence-corrected chi connectivity index (χ3v) is 3.95. The van der Waals surface area contributed by atoms with Gasteiger partial charge in [0.25, 0.3) is 0 Å². The number of likely N-dealkylation sites (tertiary alicyclic amines) is 1. The van der Waals surface area contributed by atoms with E-state index in [-0.39, 0.29) is 0 Å². The van der Waals surface area contributed by atoms with E-state index in [4.69, 9.17) is 0 Å². The molecule has 0 aromatic carbocycles. The van der Waals surface area contributed by atoms with Crippen LogP contribution < -0.4 is 5.32 Å². The lowest BCUT2D eigenvalue weighted by atomic mass is 9.94. The SMILES string of the molecule is CCC1CCN(CCCNC2CC2)CC1. The van der Waals surface area contributed by atoms with Crippen molar-refractivity contribution in [1.82, 2.24) is 10.2 Å². The Morgan fingerprint density at radius 3 is 2.47 bits per heavy atom. The molecule has 2 aliphatic rings. The highest BCUT2D eigenvalue weighted by atomic mass is 15.1. The van der Waals surface area contributed by atoms with E-state index in [0.717, 1.165) is 12.0 Å². The molecule has 0 radical (unpaired) electrons. The minimum absolute atomic E-state index is 0.885. The lowest BCUT2D eigenvalue weighted by molar-refractivity contribution is 0.180. The van der Waals surface area contributed by atoms with E-state index < -0.39 is 0 Å². The van der Waals surface area contributed by atoms with Gasteiger partial charge in [0.1, 0.15) is 0 Å². The van der Waals surface area contributed by atoms with Crippen molar-refractivity contribution in [3.63, 3.8) is 0 Å². The number of piperidine rings is 1. The third kappa shape index (κ3) is 4.12. The fourth-order valence-electron chi connectivity index (χ4n) is 2.51. The normalized spacial score (nSPS) is 24.6. The monoisotopic (exact) mass is 210 g/mol. The van der Waals surface area contributed by atoms with Crippen LogP contribution in [0.4, 0.5) is 0 Å². The maximum absolute atomic E-state index is 3.59. The lowest BCUT2D eigenvalue weighted by Crippen LogP contribution is -2.35. The van der Waals surface area contributed by atoms with E-state index >= 15 is 0 Å². The van der Waals surface area contributed by atoms with Gasteiger partial charge >= 0.3 is 0 Å². The molecule has 0 amide bonds. The largest absolute Gasteiger partial charge is 0.314 e. The van der Waals surface area contributed by atoms with Crippen molar-refractivity contribution in [3.8, 4) is 0 Å². The summed E-state index contributed by atoms with van der Waals surface area (Å²) < 4.78 is 0. The third-order valence-electron chi connectivity index (χ3n) is 3.95. The average molecular weight is 210 g/mol. The average Bonchev–Trinajstić information content (AvgIpc) is 3.09. The van der Waals surface area contributed by atoms with Crippen LogP contribution in [0.3, 0.4) is 0 Å². The van der Waals surface area contributed by atoms with Crippen LogP contribution in [0.25, 0.3) is 0 Å². The molecule has 2 fully saturated rings. The van der Waals surface area contributed by atoms with Gasteiger partial charge in [0.2, 0.25) is 0 Å². The van der Waals surface area contributed by atoms with Crippen molar-refractivity contribution in [2.45, 2.75) is 51.5 Å². The summed E-state index contributed by atoms with van der Waals surface area (Å²) in [5, 5.41) is 3.59. The molecular formula is C13H26N2. The topological polar surface area (TPSA) is 15.3 Å². The molecule has 0 aromatic heterocycles. The first kappa shape index (κ1) is 11.4. The Hall–Kier alpha value is -0.0800. The van der Waals surface area contributed by atoms with E-state index in [1.165, 1.54) is 64.7 Å². The van der Waals surface area contributed by atoms with Crippen LogP contribution in [0, 0.1) is 5.92 Å². The maximum Gasteiger partial charge on any atom is 0.00682 e. The molecule has 1 saturated carbocycles. The fraction of sp³-hybridized carbons (Fsp3) is 1.00. The Labute approximate surface area is 94.4 Å². The van der Waals surface area contributed by atoms with Crippen LogP contribution in [0.2, 0.25) is 0 Å². The second-order valence-electron chi connectivity index (χ2n) is 5.28. The molecule has 0 unspecified atom stereocenters. The van der Waals surface area contributed by atoms with Gasteiger partial charge in [0.05, 0.1) is 0 Å². The predicted octanol–water partition coefficient (Wildman–Crippen LogP) is 2.25. The molecule has 0 spiro atoms. The van der Waals surface area contributed by atoms with Gasteiger partial charge < -0.3 is 10.2 Å². The van der Waals surface area contributed by atoms with Gasteiger partial charge in [0.15, 0.2) is 0 Å². The summed E-state index contributed by atoms with van der Waals surface area (Å²) in [6.45, 7) is 7.58. The van der Waals surface area contributed by atoms with Crippen LogP contribution in [0.1, 0.15) is 45.4 Å². The standard InChI is InChI=1S/C13H26N2/c1-2-12-6-10-15(11-7-12)9-3-8-14-13-4-5-13/h12-14H,2-11H2,1H3. The number of rotatable bonds is 6. The molecule has 1 N–H and O–H groups in total. The minimum Gasteiger partial charge on any atom is -0.314 e. The highest BCUT2D eigenvalue weighted by Crippen LogP contribution is 2.20. The number of nitrogens with one attached hydrogen (secondary N) is 1. The summed E-state index contributed by atoms with van der Waals surface area (Å²) in [7, 11) is 0. The molecule has 15 heavy (non-hydrogen) atoms. The first-order valence-corrected chi connectivity index (χ1v) is 6.84. The number of hydrogen-bond donors (Lipinski definition) is 1. The van der Waals surface area contributed by atoms with Crippen molar-refractivity contribution in [3.05, 3.63) is 0 Å². The Kier molecular flexibility index (Phi) is 4.45. The Balaban J connectivity index is 1.48. The zero-order valence-electron chi connectivity index (χ0n) is 10.2. The number of hydrogen-bond acceptors (Lipinski definition) is 2. The maximum atomic E-state index is 3.59. The first-order valence-electron chi connectivity index (χ1n) is 6.84. The zero-order valence-corrected chi connectivity index (χ0v) is 10.2. The molecule has 2 heteroatoms. The molecule has 2 rings (SSSR count). The number of nitrogens with zero attached hydrogens (tertiary/aromatic N) is 1. The molecule has 1 saturated heterocycles. The van der Waals surface area contributed by atoms with Gasteiger partial charge in [-0.3, -0.25) is 0 Å². The van der Waals surface area contributed by atoms with E-state index in [0.29, 0.717) is 0 Å². The van der Waals surface area contributed by atoms with E-state index in [1.54, 1.807) is 0 Å². The van der Waals surface area contributed by atoms with Gasteiger partial charge in [-0.2, -0.15) is 0 Å². The van der Waals surface area contributed by atoms with E-state index in [2.05, 4.69) is 17.1 Å². The highest BCUT2D eigenvalue weighted by Gasteiger charge is 2.20. The minimum atomic E-state index is 0.885. The summed E-state index contributed by atoms with van der Waals surface area (Å²) in [5.74, 6) is 1.02. The second-order valence-corrected chi connectivity index (χ2v) is 5.28. The van der Waals surface area contributed by atoms with E-state index in [9.17, 15) is 0 Å². The predicted molar refractivity (Wildman–Crippen MR) is 65.1 cm³/mol. The Morgan fingerprint density at radius 1 is 1.13 bits per heavy atom. The fourth-order valence-corrected chi connectivity index (χ4v) is 2.51. The Bertz CT molecular complexity index is 169. The van der Waals surface area contributed by atoms with Crippen molar-refractivity contribution < 1.29 is 0 Å². The molecule has 1 heterocycles. The molecule has 2 nitrogen and oxygen atoms in total. The summed E-state index contributed by atoms with van der Waals surface area (Å²) in [6, 6.07) is 0.885. The van der Waals surface area contributed by atoms with Gasteiger partial charge in [-0.15, -0.1) is 0 Å². The van der Waals surface area contributed by atoms with Gasteiger partial charge in [-0.25, -0.2) is 0 Å². The van der Waals surface area contributed by atoms with Crippen LogP contribution >= 0.6 is 0 Å². The van der Waals surface area contributed by atoms with Crippen LogP contribution in [-0.2, 0) is 0 Å². The summed E-state index contributed by atoms with van der Waals surface area (Å²) in [4.78, 5) is 2.65. The van der Waals surface area contributed by atoms with Crippen LogP contribution in [0.15, 0.2) is 0 Å².